The molecular formula is C16H19N3O3. The molecule has 1 aliphatic heterocycles. The highest BCUT2D eigenvalue weighted by molar-refractivity contribution is 5.70. The first-order valence-corrected chi connectivity index (χ1v) is 7.51. The molecule has 2 heterocycles. The van der Waals surface area contributed by atoms with Crippen molar-refractivity contribution in [3.63, 3.8) is 0 Å². The summed E-state index contributed by atoms with van der Waals surface area (Å²) in [5.74, 6) is 0.263. The van der Waals surface area contributed by atoms with Crippen molar-refractivity contribution in [2.75, 3.05) is 13.1 Å². The molecule has 0 spiro atoms. The minimum absolute atomic E-state index is 0.277. The molecule has 1 aromatic carbocycles. The van der Waals surface area contributed by atoms with Crippen molar-refractivity contribution in [3.8, 4) is 0 Å². The summed E-state index contributed by atoms with van der Waals surface area (Å²) in [6.07, 6.45) is 2.31. The Morgan fingerprint density at radius 1 is 1.32 bits per heavy atom. The number of aliphatic carboxylic acids is 1. The van der Waals surface area contributed by atoms with Crippen LogP contribution in [0.4, 0.5) is 0 Å². The Morgan fingerprint density at radius 3 is 2.86 bits per heavy atom. The van der Waals surface area contributed by atoms with Crippen molar-refractivity contribution in [1.29, 1.82) is 0 Å². The van der Waals surface area contributed by atoms with Gasteiger partial charge in [-0.25, -0.2) is 0 Å². The third-order valence-corrected chi connectivity index (χ3v) is 3.97. The lowest BCUT2D eigenvalue weighted by molar-refractivity contribution is -0.141. The Kier molecular flexibility index (Phi) is 4.48. The summed E-state index contributed by atoms with van der Waals surface area (Å²) in [6.45, 7) is 1.85. The number of hydrogen-bond donors (Lipinski definition) is 1. The molecule has 1 fully saturated rings. The van der Waals surface area contributed by atoms with E-state index in [0.29, 0.717) is 31.2 Å². The van der Waals surface area contributed by atoms with E-state index in [-0.39, 0.29) is 5.92 Å². The lowest BCUT2D eigenvalue weighted by Gasteiger charge is -2.11. The van der Waals surface area contributed by atoms with Gasteiger partial charge in [-0.2, -0.15) is 4.98 Å². The van der Waals surface area contributed by atoms with E-state index in [0.717, 1.165) is 19.4 Å². The Bertz CT molecular complexity index is 627. The second-order valence-corrected chi connectivity index (χ2v) is 5.65. The van der Waals surface area contributed by atoms with Crippen LogP contribution in [0.25, 0.3) is 0 Å². The predicted octanol–water partition coefficient (Wildman–Crippen LogP) is 1.76. The van der Waals surface area contributed by atoms with Gasteiger partial charge >= 0.3 is 5.97 Å². The van der Waals surface area contributed by atoms with Gasteiger partial charge in [0.25, 0.3) is 0 Å². The lowest BCUT2D eigenvalue weighted by atomic mass is 10.1. The largest absolute Gasteiger partial charge is 0.481 e. The Labute approximate surface area is 128 Å². The summed E-state index contributed by atoms with van der Waals surface area (Å²) in [5.41, 5.74) is 1.25. The number of likely N-dealkylation sites (tertiary alicyclic amines) is 1. The number of benzene rings is 1. The van der Waals surface area contributed by atoms with E-state index in [1.807, 2.05) is 23.1 Å². The standard InChI is InChI=1S/C16H19N3O3/c20-16(21)13-8-9-19(10-13)11-15-17-14(18-22-15)7-6-12-4-2-1-3-5-12/h1-5,13H,6-11H2,(H,20,21). The summed E-state index contributed by atoms with van der Waals surface area (Å²) < 4.78 is 5.26. The molecule has 6 heteroatoms. The van der Waals surface area contributed by atoms with Gasteiger partial charge in [0.1, 0.15) is 0 Å². The van der Waals surface area contributed by atoms with Gasteiger partial charge in [0, 0.05) is 13.0 Å². The van der Waals surface area contributed by atoms with Crippen molar-refractivity contribution in [1.82, 2.24) is 15.0 Å². The van der Waals surface area contributed by atoms with Gasteiger partial charge in [0.05, 0.1) is 12.5 Å². The average Bonchev–Trinajstić information content (AvgIpc) is 3.16. The first-order valence-electron chi connectivity index (χ1n) is 7.51. The zero-order chi connectivity index (χ0) is 15.4. The highest BCUT2D eigenvalue weighted by Crippen LogP contribution is 2.18. The first-order chi connectivity index (χ1) is 10.7. The molecular weight excluding hydrogens is 282 g/mol. The third kappa shape index (κ3) is 3.71. The normalized spacial score (nSPS) is 18.6. The smallest absolute Gasteiger partial charge is 0.307 e. The maximum atomic E-state index is 10.9. The van der Waals surface area contributed by atoms with E-state index in [1.165, 1.54) is 5.56 Å². The van der Waals surface area contributed by atoms with Crippen LogP contribution in [-0.2, 0) is 24.2 Å². The second kappa shape index (κ2) is 6.70. The number of carbonyl (C=O) groups is 1. The molecule has 22 heavy (non-hydrogen) atoms. The fraction of sp³-hybridized carbons (Fsp3) is 0.438. The monoisotopic (exact) mass is 301 g/mol. The highest BCUT2D eigenvalue weighted by Gasteiger charge is 2.28. The van der Waals surface area contributed by atoms with Crippen molar-refractivity contribution in [2.24, 2.45) is 5.92 Å². The molecule has 1 atom stereocenters. The van der Waals surface area contributed by atoms with Gasteiger partial charge in [0.15, 0.2) is 5.82 Å². The lowest BCUT2D eigenvalue weighted by Crippen LogP contribution is -2.22. The topological polar surface area (TPSA) is 79.5 Å². The van der Waals surface area contributed by atoms with E-state index < -0.39 is 5.97 Å². The minimum Gasteiger partial charge on any atom is -0.481 e. The SMILES string of the molecule is O=C(O)C1CCN(Cc2nc(CCc3ccccc3)no2)C1. The van der Waals surface area contributed by atoms with Gasteiger partial charge in [-0.15, -0.1) is 0 Å². The number of hydrogen-bond acceptors (Lipinski definition) is 5. The maximum Gasteiger partial charge on any atom is 0.307 e. The van der Waals surface area contributed by atoms with Crippen molar-refractivity contribution >= 4 is 5.97 Å². The number of aromatic nitrogens is 2. The van der Waals surface area contributed by atoms with E-state index in [2.05, 4.69) is 22.3 Å². The number of rotatable bonds is 6. The molecule has 3 rings (SSSR count). The second-order valence-electron chi connectivity index (χ2n) is 5.65. The zero-order valence-electron chi connectivity index (χ0n) is 12.3. The predicted molar refractivity (Wildman–Crippen MR) is 79.2 cm³/mol. The van der Waals surface area contributed by atoms with Crippen LogP contribution in [0.5, 0.6) is 0 Å². The van der Waals surface area contributed by atoms with E-state index in [9.17, 15) is 4.79 Å². The van der Waals surface area contributed by atoms with Crippen LogP contribution < -0.4 is 0 Å². The van der Waals surface area contributed by atoms with Crippen molar-refractivity contribution in [3.05, 3.63) is 47.6 Å². The summed E-state index contributed by atoms with van der Waals surface area (Å²) in [7, 11) is 0. The summed E-state index contributed by atoms with van der Waals surface area (Å²) in [5, 5.41) is 13.0. The fourth-order valence-electron chi connectivity index (χ4n) is 2.73. The van der Waals surface area contributed by atoms with Crippen LogP contribution in [0.1, 0.15) is 23.7 Å². The molecule has 0 saturated carbocycles. The highest BCUT2D eigenvalue weighted by atomic mass is 16.5. The van der Waals surface area contributed by atoms with Crippen LogP contribution in [-0.4, -0.2) is 39.2 Å². The van der Waals surface area contributed by atoms with Crippen LogP contribution in [0.15, 0.2) is 34.9 Å². The van der Waals surface area contributed by atoms with Gasteiger partial charge in [0.2, 0.25) is 5.89 Å². The van der Waals surface area contributed by atoms with Gasteiger partial charge < -0.3 is 9.63 Å². The van der Waals surface area contributed by atoms with Crippen LogP contribution in [0.3, 0.4) is 0 Å². The summed E-state index contributed by atoms with van der Waals surface area (Å²) >= 11 is 0. The summed E-state index contributed by atoms with van der Waals surface area (Å²) in [4.78, 5) is 17.4. The first kappa shape index (κ1) is 14.7. The minimum atomic E-state index is -0.725. The molecule has 1 aliphatic rings. The number of aryl methyl sites for hydroxylation is 2. The molecule has 0 bridgehead atoms. The molecule has 1 unspecified atom stereocenters. The van der Waals surface area contributed by atoms with Gasteiger partial charge in [-0.1, -0.05) is 35.5 Å². The maximum absolute atomic E-state index is 10.9. The quantitative estimate of drug-likeness (QED) is 0.876. The summed E-state index contributed by atoms with van der Waals surface area (Å²) in [6, 6.07) is 10.2. The molecule has 1 N–H and O–H groups in total. The van der Waals surface area contributed by atoms with E-state index in [4.69, 9.17) is 9.63 Å². The van der Waals surface area contributed by atoms with Gasteiger partial charge in [-0.05, 0) is 24.9 Å². The zero-order valence-corrected chi connectivity index (χ0v) is 12.3. The molecule has 0 radical (unpaired) electrons. The van der Waals surface area contributed by atoms with Crippen molar-refractivity contribution in [2.45, 2.75) is 25.8 Å². The van der Waals surface area contributed by atoms with E-state index >= 15 is 0 Å². The van der Waals surface area contributed by atoms with Crippen molar-refractivity contribution < 1.29 is 14.4 Å². The average molecular weight is 301 g/mol. The van der Waals surface area contributed by atoms with Gasteiger partial charge in [-0.3, -0.25) is 9.69 Å². The Hall–Kier alpha value is -2.21. The van der Waals surface area contributed by atoms with E-state index in [1.54, 1.807) is 0 Å². The third-order valence-electron chi connectivity index (χ3n) is 3.97. The van der Waals surface area contributed by atoms with Crippen LogP contribution in [0, 0.1) is 5.92 Å². The van der Waals surface area contributed by atoms with Crippen LogP contribution >= 0.6 is 0 Å². The number of nitrogens with zero attached hydrogens (tertiary/aromatic N) is 3. The molecule has 2 aromatic rings. The molecule has 0 aliphatic carbocycles. The molecule has 0 amide bonds. The molecule has 1 saturated heterocycles. The number of carboxylic acids is 1. The molecule has 1 aromatic heterocycles. The fourth-order valence-corrected chi connectivity index (χ4v) is 2.73. The molecule has 6 nitrogen and oxygen atoms in total. The Balaban J connectivity index is 1.50. The molecule has 116 valence electrons. The Morgan fingerprint density at radius 2 is 2.14 bits per heavy atom. The number of carboxylic acid groups (broad SMARTS) is 1. The van der Waals surface area contributed by atoms with Crippen LogP contribution in [0.2, 0.25) is 0 Å².